The van der Waals surface area contributed by atoms with Crippen LogP contribution in [0.25, 0.3) is 5.57 Å². The van der Waals surface area contributed by atoms with Crippen molar-refractivity contribution in [1.82, 2.24) is 9.80 Å². The first-order chi connectivity index (χ1) is 15.0. The van der Waals surface area contributed by atoms with Crippen LogP contribution in [0.15, 0.2) is 59.5 Å². The van der Waals surface area contributed by atoms with Gasteiger partial charge in [-0.1, -0.05) is 50.3 Å². The van der Waals surface area contributed by atoms with Gasteiger partial charge in [-0.15, -0.1) is 0 Å². The zero-order valence-corrected chi connectivity index (χ0v) is 19.4. The summed E-state index contributed by atoms with van der Waals surface area (Å²) in [6.45, 7) is 10.7. The quantitative estimate of drug-likeness (QED) is 0.701. The molecule has 1 aliphatic heterocycles. The lowest BCUT2D eigenvalue weighted by atomic mass is 9.78. The number of carbonyl (C=O) groups excluding carboxylic acids is 1. The Hall–Kier alpha value is -3.33. The Morgan fingerprint density at radius 1 is 1.28 bits per heavy atom. The number of ketones is 1. The van der Waals surface area contributed by atoms with E-state index in [-0.39, 0.29) is 18.7 Å². The molecule has 1 unspecified atom stereocenters. The van der Waals surface area contributed by atoms with Gasteiger partial charge >= 0.3 is 6.09 Å². The van der Waals surface area contributed by atoms with Gasteiger partial charge in [0.25, 0.3) is 0 Å². The van der Waals surface area contributed by atoms with Gasteiger partial charge in [0.05, 0.1) is 12.6 Å². The van der Waals surface area contributed by atoms with Gasteiger partial charge in [0.15, 0.2) is 5.78 Å². The molecule has 168 valence electrons. The maximum atomic E-state index is 12.5. The van der Waals surface area contributed by atoms with E-state index in [1.807, 2.05) is 57.3 Å². The monoisotopic (exact) mass is 433 g/mol. The lowest BCUT2D eigenvalue weighted by Gasteiger charge is -2.41. The highest BCUT2D eigenvalue weighted by Gasteiger charge is 2.36. The Bertz CT molecular complexity index is 1040. The van der Waals surface area contributed by atoms with E-state index in [0.717, 1.165) is 28.0 Å². The molecule has 1 N–H and O–H groups in total. The number of amides is 1. The number of rotatable bonds is 5. The molecular weight excluding hydrogens is 402 g/mol. The molecule has 6 nitrogen and oxygen atoms in total. The van der Waals surface area contributed by atoms with E-state index in [2.05, 4.69) is 24.8 Å². The van der Waals surface area contributed by atoms with Gasteiger partial charge in [-0.3, -0.25) is 9.69 Å². The summed E-state index contributed by atoms with van der Waals surface area (Å²) in [5, 5.41) is 19.5. The van der Waals surface area contributed by atoms with E-state index in [1.54, 1.807) is 6.08 Å². The predicted octanol–water partition coefficient (Wildman–Crippen LogP) is 5.07. The first-order valence-corrected chi connectivity index (χ1v) is 10.9. The second-order valence-corrected chi connectivity index (χ2v) is 9.76. The Labute approximate surface area is 190 Å². The van der Waals surface area contributed by atoms with Crippen molar-refractivity contribution in [3.8, 4) is 6.07 Å². The summed E-state index contributed by atoms with van der Waals surface area (Å²) in [5.41, 5.74) is 3.84. The van der Waals surface area contributed by atoms with Crippen molar-refractivity contribution < 1.29 is 14.7 Å². The van der Waals surface area contributed by atoms with Crippen molar-refractivity contribution >= 4 is 17.4 Å². The predicted molar refractivity (Wildman–Crippen MR) is 124 cm³/mol. The summed E-state index contributed by atoms with van der Waals surface area (Å²) in [4.78, 5) is 28.2. The number of benzene rings is 1. The highest BCUT2D eigenvalue weighted by Crippen LogP contribution is 2.42. The molecule has 1 aromatic rings. The minimum Gasteiger partial charge on any atom is -0.465 e. The van der Waals surface area contributed by atoms with Crippen molar-refractivity contribution in [2.45, 2.75) is 46.6 Å². The molecule has 3 rings (SSSR count). The minimum atomic E-state index is -0.987. The molecule has 0 bridgehead atoms. The molecule has 0 radical (unpaired) electrons. The molecule has 0 saturated heterocycles. The average Bonchev–Trinajstić information content (AvgIpc) is 2.70. The van der Waals surface area contributed by atoms with Gasteiger partial charge in [-0.25, -0.2) is 4.79 Å². The molecule has 2 aliphatic rings. The van der Waals surface area contributed by atoms with E-state index in [4.69, 9.17) is 0 Å². The number of Topliss-reactive ketones (excluding diaryl/α,β-unsaturated/α-hetero) is 1. The summed E-state index contributed by atoms with van der Waals surface area (Å²) in [6, 6.07) is 11.9. The number of carboxylic acid groups (broad SMARTS) is 1. The van der Waals surface area contributed by atoms with Crippen LogP contribution in [0.2, 0.25) is 0 Å². The summed E-state index contributed by atoms with van der Waals surface area (Å²) in [6.07, 6.45) is 2.93. The molecule has 0 saturated carbocycles. The fraction of sp³-hybridized carbons (Fsp3) is 0.423. The van der Waals surface area contributed by atoms with Gasteiger partial charge in [0.1, 0.15) is 5.92 Å². The highest BCUT2D eigenvalue weighted by atomic mass is 16.4. The molecule has 1 aliphatic carbocycles. The number of fused-ring (bicyclic) bond motifs is 1. The Morgan fingerprint density at radius 3 is 2.47 bits per heavy atom. The van der Waals surface area contributed by atoms with Crippen LogP contribution >= 0.6 is 0 Å². The van der Waals surface area contributed by atoms with Gasteiger partial charge in [-0.2, -0.15) is 5.26 Å². The Balaban J connectivity index is 2.28. The molecule has 0 fully saturated rings. The third-order valence-corrected chi connectivity index (χ3v) is 5.72. The number of hydrogen-bond donors (Lipinski definition) is 1. The number of allylic oxidation sites excluding steroid dienone is 4. The van der Waals surface area contributed by atoms with E-state index in [0.29, 0.717) is 12.5 Å². The second kappa shape index (κ2) is 9.04. The lowest BCUT2D eigenvalue weighted by molar-refractivity contribution is -0.119. The first kappa shape index (κ1) is 23.3. The fourth-order valence-corrected chi connectivity index (χ4v) is 4.19. The number of carbonyl (C=O) groups is 2. The summed E-state index contributed by atoms with van der Waals surface area (Å²) in [5.74, 6) is -0.579. The van der Waals surface area contributed by atoms with Crippen molar-refractivity contribution in [1.29, 1.82) is 5.26 Å². The Kier molecular flexibility index (Phi) is 6.59. The molecule has 6 heteroatoms. The van der Waals surface area contributed by atoms with Gasteiger partial charge in [-0.05, 0) is 43.4 Å². The van der Waals surface area contributed by atoms with Crippen LogP contribution < -0.4 is 0 Å². The van der Waals surface area contributed by atoms with Gasteiger partial charge in [0.2, 0.25) is 0 Å². The van der Waals surface area contributed by atoms with E-state index >= 15 is 0 Å². The summed E-state index contributed by atoms with van der Waals surface area (Å²) >= 11 is 0. The van der Waals surface area contributed by atoms with E-state index < -0.39 is 17.6 Å². The van der Waals surface area contributed by atoms with Crippen molar-refractivity contribution in [3.63, 3.8) is 0 Å². The molecule has 1 aromatic carbocycles. The molecule has 32 heavy (non-hydrogen) atoms. The molecule has 1 heterocycles. The highest BCUT2D eigenvalue weighted by molar-refractivity contribution is 5.97. The SMILES string of the molecule is CC(C)CN1C=C2CC(=O)C(C#N)C=C2C(c2ccccc2)=C1CN(C(=O)O)C(C)(C)C. The topological polar surface area (TPSA) is 84.6 Å². The molecular formula is C26H31N3O3. The lowest BCUT2D eigenvalue weighted by Crippen LogP contribution is -2.48. The maximum Gasteiger partial charge on any atom is 0.408 e. The molecule has 0 spiro atoms. The van der Waals surface area contributed by atoms with Gasteiger partial charge < -0.3 is 10.0 Å². The van der Waals surface area contributed by atoms with Crippen LogP contribution in [0.3, 0.4) is 0 Å². The zero-order valence-electron chi connectivity index (χ0n) is 19.4. The largest absolute Gasteiger partial charge is 0.465 e. The third-order valence-electron chi connectivity index (χ3n) is 5.72. The van der Waals surface area contributed by atoms with Crippen molar-refractivity contribution in [2.24, 2.45) is 11.8 Å². The molecule has 1 amide bonds. The van der Waals surface area contributed by atoms with Crippen LogP contribution in [0.5, 0.6) is 0 Å². The van der Waals surface area contributed by atoms with Gasteiger partial charge in [0, 0.05) is 36.0 Å². The smallest absolute Gasteiger partial charge is 0.408 e. The van der Waals surface area contributed by atoms with E-state index in [9.17, 15) is 20.0 Å². The second-order valence-electron chi connectivity index (χ2n) is 9.76. The standard InChI is InChI=1S/C26H31N3O3/c1-17(2)14-28-15-20-12-23(30)19(13-27)11-21(20)24(18-9-7-6-8-10-18)22(28)16-29(25(31)32)26(3,4)5/h6-11,15,17,19H,12,14,16H2,1-5H3,(H,31,32). The van der Waals surface area contributed by atoms with Crippen LogP contribution in [-0.4, -0.2) is 45.4 Å². The van der Waals surface area contributed by atoms with Crippen LogP contribution in [-0.2, 0) is 4.79 Å². The number of hydrogen-bond acceptors (Lipinski definition) is 4. The summed E-state index contributed by atoms with van der Waals surface area (Å²) < 4.78 is 0. The normalized spacial score (nSPS) is 18.7. The number of nitriles is 1. The average molecular weight is 434 g/mol. The molecule has 1 atom stereocenters. The van der Waals surface area contributed by atoms with Crippen LogP contribution in [0, 0.1) is 23.2 Å². The van der Waals surface area contributed by atoms with Crippen LogP contribution in [0.4, 0.5) is 4.79 Å². The van der Waals surface area contributed by atoms with Crippen molar-refractivity contribution in [3.05, 3.63) is 65.0 Å². The number of nitrogens with zero attached hydrogens (tertiary/aromatic N) is 3. The first-order valence-electron chi connectivity index (χ1n) is 10.9. The van der Waals surface area contributed by atoms with Crippen LogP contribution in [0.1, 0.15) is 46.6 Å². The fourth-order valence-electron chi connectivity index (χ4n) is 4.19. The Morgan fingerprint density at radius 2 is 1.94 bits per heavy atom. The molecule has 0 aromatic heterocycles. The minimum absolute atomic E-state index is 0.107. The summed E-state index contributed by atoms with van der Waals surface area (Å²) in [7, 11) is 0. The van der Waals surface area contributed by atoms with Crippen molar-refractivity contribution in [2.75, 3.05) is 13.1 Å². The zero-order chi connectivity index (χ0) is 23.6. The third kappa shape index (κ3) is 4.77. The maximum absolute atomic E-state index is 12.5. The van der Waals surface area contributed by atoms with E-state index in [1.165, 1.54) is 4.90 Å².